The Morgan fingerprint density at radius 2 is 2.06 bits per heavy atom. The van der Waals surface area contributed by atoms with E-state index < -0.39 is 0 Å². The lowest BCUT2D eigenvalue weighted by molar-refractivity contribution is 0.167. The molecule has 1 fully saturated rings. The number of nitrogens with one attached hydrogen (secondary N) is 1. The van der Waals surface area contributed by atoms with Crippen LogP contribution < -0.4 is 10.1 Å². The van der Waals surface area contributed by atoms with E-state index in [2.05, 4.69) is 23.5 Å². The number of fused-ring (bicyclic) bond motifs is 1. The Morgan fingerprint density at radius 3 is 2.94 bits per heavy atom. The smallest absolute Gasteiger partial charge is 0.120 e. The van der Waals surface area contributed by atoms with Crippen LogP contribution in [0.25, 0.3) is 0 Å². The molecule has 1 saturated heterocycles. The van der Waals surface area contributed by atoms with Crippen LogP contribution in [0.1, 0.15) is 30.4 Å². The molecule has 1 heterocycles. The second-order valence-corrected chi connectivity index (χ2v) is 4.87. The summed E-state index contributed by atoms with van der Waals surface area (Å²) in [6.45, 7) is 2.14. The van der Waals surface area contributed by atoms with Crippen LogP contribution in [0.3, 0.4) is 0 Å². The van der Waals surface area contributed by atoms with Gasteiger partial charge in [-0.25, -0.2) is 0 Å². The van der Waals surface area contributed by atoms with Crippen molar-refractivity contribution in [2.24, 2.45) is 0 Å². The first-order valence-corrected chi connectivity index (χ1v) is 6.41. The number of hydrogen-bond acceptors (Lipinski definition) is 2. The second-order valence-electron chi connectivity index (χ2n) is 4.87. The van der Waals surface area contributed by atoms with Gasteiger partial charge in [-0.3, -0.25) is 0 Å². The van der Waals surface area contributed by atoms with Crippen LogP contribution in [0.4, 0.5) is 0 Å². The molecule has 1 aromatic rings. The van der Waals surface area contributed by atoms with Gasteiger partial charge in [-0.2, -0.15) is 0 Å². The van der Waals surface area contributed by atoms with Crippen molar-refractivity contribution < 1.29 is 4.74 Å². The molecule has 16 heavy (non-hydrogen) atoms. The van der Waals surface area contributed by atoms with E-state index >= 15 is 0 Å². The molecule has 2 heteroatoms. The van der Waals surface area contributed by atoms with Crippen molar-refractivity contribution in [1.29, 1.82) is 0 Å². The lowest BCUT2D eigenvalue weighted by Crippen LogP contribution is -2.37. The van der Waals surface area contributed by atoms with Crippen LogP contribution in [-0.2, 0) is 12.8 Å². The summed E-state index contributed by atoms with van der Waals surface area (Å²) < 4.78 is 6.02. The first-order chi connectivity index (χ1) is 7.92. The van der Waals surface area contributed by atoms with Crippen molar-refractivity contribution in [3.63, 3.8) is 0 Å². The monoisotopic (exact) mass is 217 g/mol. The average Bonchev–Trinajstić information content (AvgIpc) is 2.77. The minimum atomic E-state index is 0.369. The summed E-state index contributed by atoms with van der Waals surface area (Å²) in [6, 6.07) is 6.63. The van der Waals surface area contributed by atoms with Crippen molar-refractivity contribution in [3.8, 4) is 5.75 Å². The van der Waals surface area contributed by atoms with E-state index in [1.54, 1.807) is 0 Å². The Bertz CT molecular complexity index is 369. The summed E-state index contributed by atoms with van der Waals surface area (Å²) in [5, 5.41) is 3.38. The predicted molar refractivity (Wildman–Crippen MR) is 65.0 cm³/mol. The van der Waals surface area contributed by atoms with Gasteiger partial charge in [0.25, 0.3) is 0 Å². The highest BCUT2D eigenvalue weighted by atomic mass is 16.5. The standard InChI is InChI=1S/C14H19NO/c1-3-11-6-7-13(9-12(11)4-1)16-14-5-2-8-15-10-14/h6-7,9,14-15H,1-5,8,10H2. The van der Waals surface area contributed by atoms with E-state index in [4.69, 9.17) is 4.74 Å². The third-order valence-electron chi connectivity index (χ3n) is 3.62. The average molecular weight is 217 g/mol. The van der Waals surface area contributed by atoms with E-state index in [1.807, 2.05) is 0 Å². The van der Waals surface area contributed by atoms with Crippen molar-refractivity contribution in [1.82, 2.24) is 5.32 Å². The Morgan fingerprint density at radius 1 is 1.12 bits per heavy atom. The van der Waals surface area contributed by atoms with Gasteiger partial charge in [0.2, 0.25) is 0 Å². The minimum Gasteiger partial charge on any atom is -0.489 e. The number of piperidine rings is 1. The maximum atomic E-state index is 6.02. The molecule has 1 aliphatic heterocycles. The number of ether oxygens (including phenoxy) is 1. The lowest BCUT2D eigenvalue weighted by Gasteiger charge is -2.24. The highest BCUT2D eigenvalue weighted by Crippen LogP contribution is 2.27. The minimum absolute atomic E-state index is 0.369. The first kappa shape index (κ1) is 10.2. The molecule has 1 aliphatic carbocycles. The molecule has 1 aromatic carbocycles. The van der Waals surface area contributed by atoms with Crippen LogP contribution in [0.5, 0.6) is 5.75 Å². The molecule has 0 saturated carbocycles. The predicted octanol–water partition coefficient (Wildman–Crippen LogP) is 2.31. The van der Waals surface area contributed by atoms with E-state index in [1.165, 1.54) is 43.2 Å². The summed E-state index contributed by atoms with van der Waals surface area (Å²) in [5.74, 6) is 1.06. The molecule has 0 amide bonds. The molecule has 1 unspecified atom stereocenters. The molecular formula is C14H19NO. The van der Waals surface area contributed by atoms with E-state index in [-0.39, 0.29) is 0 Å². The molecule has 3 rings (SSSR count). The van der Waals surface area contributed by atoms with Crippen LogP contribution in [0.2, 0.25) is 0 Å². The summed E-state index contributed by atoms with van der Waals surface area (Å²) in [7, 11) is 0. The molecular weight excluding hydrogens is 198 g/mol. The van der Waals surface area contributed by atoms with Gasteiger partial charge in [-0.15, -0.1) is 0 Å². The summed E-state index contributed by atoms with van der Waals surface area (Å²) >= 11 is 0. The fourth-order valence-electron chi connectivity index (χ4n) is 2.73. The highest BCUT2D eigenvalue weighted by Gasteiger charge is 2.16. The number of hydrogen-bond donors (Lipinski definition) is 1. The number of benzene rings is 1. The van der Waals surface area contributed by atoms with Crippen molar-refractivity contribution in [3.05, 3.63) is 29.3 Å². The van der Waals surface area contributed by atoms with Crippen LogP contribution in [-0.4, -0.2) is 19.2 Å². The highest BCUT2D eigenvalue weighted by molar-refractivity contribution is 5.38. The third kappa shape index (κ3) is 2.07. The van der Waals surface area contributed by atoms with Gasteiger partial charge in [0.15, 0.2) is 0 Å². The fourth-order valence-corrected chi connectivity index (χ4v) is 2.73. The molecule has 1 atom stereocenters. The quantitative estimate of drug-likeness (QED) is 0.820. The Balaban J connectivity index is 1.69. The van der Waals surface area contributed by atoms with E-state index in [0.29, 0.717) is 6.10 Å². The Labute approximate surface area is 97.0 Å². The Kier molecular flexibility index (Phi) is 2.83. The van der Waals surface area contributed by atoms with Gasteiger partial charge < -0.3 is 10.1 Å². The lowest BCUT2D eigenvalue weighted by atomic mass is 10.1. The Hall–Kier alpha value is -1.02. The zero-order chi connectivity index (χ0) is 10.8. The van der Waals surface area contributed by atoms with Gasteiger partial charge in [0.05, 0.1) is 0 Å². The van der Waals surface area contributed by atoms with Crippen molar-refractivity contribution >= 4 is 0 Å². The summed E-state index contributed by atoms with van der Waals surface area (Å²) in [6.07, 6.45) is 6.58. The van der Waals surface area contributed by atoms with Crippen LogP contribution in [0.15, 0.2) is 18.2 Å². The van der Waals surface area contributed by atoms with Crippen LogP contribution >= 0.6 is 0 Å². The van der Waals surface area contributed by atoms with Gasteiger partial charge in [0.1, 0.15) is 11.9 Å². The molecule has 1 N–H and O–H groups in total. The zero-order valence-electron chi connectivity index (χ0n) is 9.67. The fraction of sp³-hybridized carbons (Fsp3) is 0.571. The molecule has 0 spiro atoms. The van der Waals surface area contributed by atoms with Gasteiger partial charge in [-0.1, -0.05) is 6.07 Å². The van der Waals surface area contributed by atoms with Gasteiger partial charge in [-0.05, 0) is 61.9 Å². The van der Waals surface area contributed by atoms with Gasteiger partial charge >= 0.3 is 0 Å². The van der Waals surface area contributed by atoms with Crippen molar-refractivity contribution in [2.45, 2.75) is 38.2 Å². The summed E-state index contributed by atoms with van der Waals surface area (Å²) in [4.78, 5) is 0. The molecule has 2 aliphatic rings. The summed E-state index contributed by atoms with van der Waals surface area (Å²) in [5.41, 5.74) is 3.02. The normalized spacial score (nSPS) is 24.1. The molecule has 2 nitrogen and oxygen atoms in total. The number of aryl methyl sites for hydroxylation is 2. The molecule has 0 radical (unpaired) electrons. The first-order valence-electron chi connectivity index (χ1n) is 6.41. The molecule has 86 valence electrons. The maximum absolute atomic E-state index is 6.02. The third-order valence-corrected chi connectivity index (χ3v) is 3.62. The van der Waals surface area contributed by atoms with Crippen LogP contribution in [0, 0.1) is 0 Å². The molecule has 0 aromatic heterocycles. The molecule has 0 bridgehead atoms. The van der Waals surface area contributed by atoms with Gasteiger partial charge in [0, 0.05) is 6.54 Å². The maximum Gasteiger partial charge on any atom is 0.120 e. The van der Waals surface area contributed by atoms with E-state index in [0.717, 1.165) is 18.8 Å². The second kappa shape index (κ2) is 4.46. The number of rotatable bonds is 2. The largest absolute Gasteiger partial charge is 0.489 e. The topological polar surface area (TPSA) is 21.3 Å². The van der Waals surface area contributed by atoms with E-state index in [9.17, 15) is 0 Å². The van der Waals surface area contributed by atoms with Crippen molar-refractivity contribution in [2.75, 3.05) is 13.1 Å². The SMILES string of the molecule is c1cc2c(cc1OC1CCCNC1)CCC2. The zero-order valence-corrected chi connectivity index (χ0v) is 9.67.